The van der Waals surface area contributed by atoms with Crippen LogP contribution in [0.4, 0.5) is 4.79 Å². The number of carbonyl (C=O) groups is 2. The highest BCUT2D eigenvalue weighted by molar-refractivity contribution is 6.45. The molecule has 2 aliphatic rings. The number of aromatic amines is 1. The zero-order chi connectivity index (χ0) is 25.6. The molecule has 36 heavy (non-hydrogen) atoms. The van der Waals surface area contributed by atoms with Crippen molar-refractivity contribution in [3.05, 3.63) is 40.3 Å². The maximum Gasteiger partial charge on any atom is 0.410 e. The molecule has 4 heterocycles. The Hall–Kier alpha value is -2.75. The Morgan fingerprint density at radius 2 is 2.03 bits per heavy atom. The van der Waals surface area contributed by atoms with Crippen LogP contribution in [0.15, 0.2) is 24.5 Å². The molecule has 2 aliphatic heterocycles. The highest BCUT2D eigenvalue weighted by Crippen LogP contribution is 2.42. The van der Waals surface area contributed by atoms with E-state index in [0.717, 1.165) is 27.7 Å². The average Bonchev–Trinajstić information content (AvgIpc) is 3.46. The molecule has 0 spiro atoms. The van der Waals surface area contributed by atoms with Crippen molar-refractivity contribution >= 4 is 46.1 Å². The Morgan fingerprint density at radius 3 is 2.75 bits per heavy atom. The van der Waals surface area contributed by atoms with Crippen molar-refractivity contribution in [3.63, 3.8) is 0 Å². The number of fused-ring (bicyclic) bond motifs is 3. The van der Waals surface area contributed by atoms with Gasteiger partial charge >= 0.3 is 6.09 Å². The Bertz CT molecular complexity index is 1300. The second kappa shape index (κ2) is 9.61. The van der Waals surface area contributed by atoms with E-state index in [-0.39, 0.29) is 18.4 Å². The van der Waals surface area contributed by atoms with E-state index in [2.05, 4.69) is 14.8 Å². The maximum absolute atomic E-state index is 13.5. The molecule has 0 bridgehead atoms. The number of halogens is 2. The lowest BCUT2D eigenvalue weighted by Gasteiger charge is -2.37. The quantitative estimate of drug-likeness (QED) is 0.526. The third-order valence-corrected chi connectivity index (χ3v) is 7.36. The summed E-state index contributed by atoms with van der Waals surface area (Å²) in [7, 11) is 0. The topological polar surface area (TPSA) is 92.7 Å². The van der Waals surface area contributed by atoms with Gasteiger partial charge in [-0.05, 0) is 26.8 Å². The molecule has 1 aromatic carbocycles. The van der Waals surface area contributed by atoms with Crippen LogP contribution in [-0.2, 0) is 27.4 Å². The monoisotopic (exact) mass is 533 g/mol. The van der Waals surface area contributed by atoms with Crippen LogP contribution in [0.5, 0.6) is 0 Å². The van der Waals surface area contributed by atoms with Gasteiger partial charge in [-0.3, -0.25) is 9.89 Å². The van der Waals surface area contributed by atoms with Crippen molar-refractivity contribution in [2.24, 2.45) is 0 Å². The number of amides is 2. The maximum atomic E-state index is 13.5. The minimum Gasteiger partial charge on any atom is -0.444 e. The molecule has 1 atom stereocenters. The number of benzene rings is 1. The van der Waals surface area contributed by atoms with Crippen molar-refractivity contribution in [1.29, 1.82) is 0 Å². The van der Waals surface area contributed by atoms with Crippen LogP contribution in [0, 0.1) is 0 Å². The third kappa shape index (κ3) is 4.67. The van der Waals surface area contributed by atoms with E-state index in [1.54, 1.807) is 17.2 Å². The van der Waals surface area contributed by atoms with Crippen LogP contribution in [0.2, 0.25) is 10.0 Å². The first kappa shape index (κ1) is 24.9. The van der Waals surface area contributed by atoms with Gasteiger partial charge in [0, 0.05) is 54.5 Å². The molecule has 1 N–H and O–H groups in total. The van der Waals surface area contributed by atoms with Crippen LogP contribution in [-0.4, -0.2) is 74.5 Å². The number of hydrogen-bond donors (Lipinski definition) is 1. The number of nitrogens with one attached hydrogen (secondary N) is 1. The third-order valence-electron chi connectivity index (χ3n) is 6.56. The van der Waals surface area contributed by atoms with Gasteiger partial charge in [0.05, 0.1) is 47.6 Å². The summed E-state index contributed by atoms with van der Waals surface area (Å²) in [4.78, 5) is 29.7. The van der Waals surface area contributed by atoms with E-state index in [4.69, 9.17) is 32.7 Å². The van der Waals surface area contributed by atoms with Crippen molar-refractivity contribution < 1.29 is 19.1 Å². The van der Waals surface area contributed by atoms with E-state index in [1.807, 2.05) is 37.9 Å². The van der Waals surface area contributed by atoms with Gasteiger partial charge in [0.2, 0.25) is 5.91 Å². The minimum absolute atomic E-state index is 0.0437. The zero-order valence-electron chi connectivity index (χ0n) is 20.5. The Morgan fingerprint density at radius 1 is 1.22 bits per heavy atom. The lowest BCUT2D eigenvalue weighted by Crippen LogP contribution is -2.52. The summed E-state index contributed by atoms with van der Waals surface area (Å²) in [6.07, 6.45) is 3.33. The second-order valence-electron chi connectivity index (χ2n) is 10.1. The molecule has 3 aromatic rings. The summed E-state index contributed by atoms with van der Waals surface area (Å²) in [6, 6.07) is 3.37. The standard InChI is InChI=1S/C25H29Cl2N5O4/c1-25(2,3)36-24(34)31-8-9-35-14-16(31)10-20(33)30-6-7-32-19(13-30)21(15-11-28-29-12-15)17-4-5-18(26)22(27)23(17)32/h4-5,11-12,16H,6-10,13-14H2,1-3H3,(H,28,29). The van der Waals surface area contributed by atoms with Crippen molar-refractivity contribution in [3.8, 4) is 11.1 Å². The molecule has 1 saturated heterocycles. The largest absolute Gasteiger partial charge is 0.444 e. The zero-order valence-corrected chi connectivity index (χ0v) is 22.0. The van der Waals surface area contributed by atoms with Gasteiger partial charge < -0.3 is 23.8 Å². The fraction of sp³-hybridized carbons (Fsp3) is 0.480. The summed E-state index contributed by atoms with van der Waals surface area (Å²) < 4.78 is 13.3. The SMILES string of the molecule is CC(C)(C)OC(=O)N1CCOCC1CC(=O)N1CCn2c(c(-c3cn[nH]c3)c3ccc(Cl)c(Cl)c32)C1. The van der Waals surface area contributed by atoms with Crippen LogP contribution in [0.25, 0.3) is 22.0 Å². The number of aromatic nitrogens is 3. The Balaban J connectivity index is 1.41. The predicted molar refractivity (Wildman–Crippen MR) is 137 cm³/mol. The summed E-state index contributed by atoms with van der Waals surface area (Å²) in [5.74, 6) is -0.0437. The summed E-state index contributed by atoms with van der Waals surface area (Å²) >= 11 is 13.0. The molecule has 9 nitrogen and oxygen atoms in total. The lowest BCUT2D eigenvalue weighted by atomic mass is 10.0. The molecule has 2 amide bonds. The molecule has 0 radical (unpaired) electrons. The number of rotatable bonds is 3. The molecule has 192 valence electrons. The van der Waals surface area contributed by atoms with Crippen LogP contribution in [0.3, 0.4) is 0 Å². The van der Waals surface area contributed by atoms with Crippen LogP contribution in [0.1, 0.15) is 32.9 Å². The van der Waals surface area contributed by atoms with Gasteiger partial charge in [-0.25, -0.2) is 4.79 Å². The molecular weight excluding hydrogens is 505 g/mol. The van der Waals surface area contributed by atoms with Gasteiger partial charge in [-0.1, -0.05) is 29.3 Å². The number of morpholine rings is 1. The highest BCUT2D eigenvalue weighted by atomic mass is 35.5. The first-order chi connectivity index (χ1) is 17.1. The minimum atomic E-state index is -0.613. The van der Waals surface area contributed by atoms with Crippen molar-refractivity contribution in [2.75, 3.05) is 26.3 Å². The number of carbonyl (C=O) groups excluding carboxylic acids is 2. The first-order valence-electron chi connectivity index (χ1n) is 12.0. The number of H-pyrrole nitrogens is 1. The van der Waals surface area contributed by atoms with Crippen LogP contribution >= 0.6 is 23.2 Å². The molecule has 0 aliphatic carbocycles. The second-order valence-corrected chi connectivity index (χ2v) is 10.9. The lowest BCUT2D eigenvalue weighted by molar-refractivity contribution is -0.135. The van der Waals surface area contributed by atoms with Gasteiger partial charge in [-0.2, -0.15) is 5.10 Å². The molecule has 1 fully saturated rings. The smallest absolute Gasteiger partial charge is 0.410 e. The molecule has 1 unspecified atom stereocenters. The van der Waals surface area contributed by atoms with Crippen molar-refractivity contribution in [1.82, 2.24) is 24.6 Å². The van der Waals surface area contributed by atoms with E-state index < -0.39 is 11.7 Å². The predicted octanol–water partition coefficient (Wildman–Crippen LogP) is 4.71. The first-order valence-corrected chi connectivity index (χ1v) is 12.7. The van der Waals surface area contributed by atoms with E-state index in [1.165, 1.54) is 0 Å². The van der Waals surface area contributed by atoms with Gasteiger partial charge in [0.25, 0.3) is 0 Å². The van der Waals surface area contributed by atoms with Gasteiger partial charge in [0.15, 0.2) is 0 Å². The van der Waals surface area contributed by atoms with Crippen molar-refractivity contribution in [2.45, 2.75) is 51.9 Å². The highest BCUT2D eigenvalue weighted by Gasteiger charge is 2.35. The molecule has 5 rings (SSSR count). The Kier molecular flexibility index (Phi) is 6.65. The van der Waals surface area contributed by atoms with Crippen LogP contribution < -0.4 is 0 Å². The molecule has 11 heteroatoms. The molecular formula is C25H29Cl2N5O4. The number of ether oxygens (including phenoxy) is 2. The Labute approximate surface area is 219 Å². The summed E-state index contributed by atoms with van der Waals surface area (Å²) in [5.41, 5.74) is 3.11. The van der Waals surface area contributed by atoms with E-state index in [0.29, 0.717) is 49.4 Å². The van der Waals surface area contributed by atoms with E-state index >= 15 is 0 Å². The summed E-state index contributed by atoms with van der Waals surface area (Å²) in [5, 5.41) is 8.94. The summed E-state index contributed by atoms with van der Waals surface area (Å²) in [6.45, 7) is 8.10. The fourth-order valence-electron chi connectivity index (χ4n) is 4.96. The average molecular weight is 534 g/mol. The fourth-order valence-corrected chi connectivity index (χ4v) is 5.38. The number of nitrogens with zero attached hydrogens (tertiary/aromatic N) is 4. The molecule has 2 aromatic heterocycles. The normalized spacial score (nSPS) is 18.4. The van der Waals surface area contributed by atoms with Gasteiger partial charge in [0.1, 0.15) is 5.60 Å². The van der Waals surface area contributed by atoms with Gasteiger partial charge in [-0.15, -0.1) is 0 Å². The van der Waals surface area contributed by atoms with E-state index in [9.17, 15) is 9.59 Å². The number of hydrogen-bond acceptors (Lipinski definition) is 5. The molecule has 0 saturated carbocycles.